The Bertz CT molecular complexity index is 325. The van der Waals surface area contributed by atoms with Crippen molar-refractivity contribution in [2.75, 3.05) is 12.9 Å². The van der Waals surface area contributed by atoms with E-state index in [4.69, 9.17) is 0 Å². The third-order valence-corrected chi connectivity index (χ3v) is 3.35. The minimum absolute atomic E-state index is 0.0954. The van der Waals surface area contributed by atoms with Crippen LogP contribution in [0.15, 0.2) is 17.6 Å². The molecule has 0 aliphatic carbocycles. The molecule has 1 heterocycles. The number of methoxy groups -OCH3 is 1. The van der Waals surface area contributed by atoms with Gasteiger partial charge >= 0.3 is 5.97 Å². The van der Waals surface area contributed by atoms with E-state index in [9.17, 15) is 4.79 Å². The Kier molecular flexibility index (Phi) is 4.68. The van der Waals surface area contributed by atoms with E-state index in [0.29, 0.717) is 5.75 Å². The molecule has 1 aromatic rings. The first-order valence-corrected chi connectivity index (χ1v) is 5.89. The van der Waals surface area contributed by atoms with Crippen molar-refractivity contribution in [1.82, 2.24) is 9.55 Å². The van der Waals surface area contributed by atoms with Crippen LogP contribution in [0.1, 0.15) is 13.8 Å². The van der Waals surface area contributed by atoms with Crippen LogP contribution in [-0.2, 0) is 16.1 Å². The molecule has 0 saturated carbocycles. The molecule has 4 nitrogen and oxygen atoms in total. The third-order valence-electron chi connectivity index (χ3n) is 2.08. The molecule has 0 bridgehead atoms. The van der Waals surface area contributed by atoms with Gasteiger partial charge in [0.05, 0.1) is 13.0 Å². The molecule has 0 fully saturated rings. The number of rotatable bonds is 5. The fraction of sp³-hybridized carbons (Fsp3) is 0.600. The lowest BCUT2D eigenvalue weighted by Gasteiger charge is -2.08. The number of carbonyl (C=O) groups is 1. The van der Waals surface area contributed by atoms with Crippen LogP contribution in [0.5, 0.6) is 0 Å². The molecule has 0 aliphatic rings. The summed E-state index contributed by atoms with van der Waals surface area (Å²) in [6.07, 6.45) is 3.71. The van der Waals surface area contributed by atoms with Crippen LogP contribution in [0.4, 0.5) is 0 Å². The van der Waals surface area contributed by atoms with Gasteiger partial charge in [-0.2, -0.15) is 0 Å². The molecule has 84 valence electrons. The summed E-state index contributed by atoms with van der Waals surface area (Å²) in [7, 11) is 1.41. The fourth-order valence-corrected chi connectivity index (χ4v) is 2.17. The SMILES string of the molecule is CCn1ccnc1SCC(C)C(=O)OC. The summed E-state index contributed by atoms with van der Waals surface area (Å²) in [5, 5.41) is 0.952. The molecule has 0 saturated heterocycles. The third kappa shape index (κ3) is 3.27. The first-order valence-electron chi connectivity index (χ1n) is 4.90. The summed E-state index contributed by atoms with van der Waals surface area (Å²) in [5.41, 5.74) is 0. The summed E-state index contributed by atoms with van der Waals surface area (Å²) < 4.78 is 6.71. The highest BCUT2D eigenvalue weighted by Gasteiger charge is 2.14. The predicted molar refractivity (Wildman–Crippen MR) is 59.8 cm³/mol. The summed E-state index contributed by atoms with van der Waals surface area (Å²) in [4.78, 5) is 15.4. The fourth-order valence-electron chi connectivity index (χ4n) is 1.15. The summed E-state index contributed by atoms with van der Waals surface area (Å²) in [6, 6.07) is 0. The zero-order chi connectivity index (χ0) is 11.3. The van der Waals surface area contributed by atoms with Gasteiger partial charge < -0.3 is 9.30 Å². The van der Waals surface area contributed by atoms with E-state index < -0.39 is 0 Å². The van der Waals surface area contributed by atoms with Crippen LogP contribution in [0, 0.1) is 5.92 Å². The number of aryl methyl sites for hydroxylation is 1. The molecule has 1 rings (SSSR count). The standard InChI is InChI=1S/C10H16N2O2S/c1-4-12-6-5-11-10(12)15-7-8(2)9(13)14-3/h5-6,8H,4,7H2,1-3H3. The van der Waals surface area contributed by atoms with Crippen LogP contribution in [-0.4, -0.2) is 28.4 Å². The molecular weight excluding hydrogens is 212 g/mol. The maximum atomic E-state index is 11.2. The first kappa shape index (κ1) is 12.1. The second-order valence-electron chi connectivity index (χ2n) is 3.23. The molecule has 0 aromatic carbocycles. The van der Waals surface area contributed by atoms with Crippen molar-refractivity contribution in [3.63, 3.8) is 0 Å². The lowest BCUT2D eigenvalue weighted by Crippen LogP contribution is -2.15. The highest BCUT2D eigenvalue weighted by Crippen LogP contribution is 2.19. The monoisotopic (exact) mass is 228 g/mol. The largest absolute Gasteiger partial charge is 0.469 e. The van der Waals surface area contributed by atoms with Crippen molar-refractivity contribution in [2.24, 2.45) is 5.92 Å². The maximum absolute atomic E-state index is 11.2. The Morgan fingerprint density at radius 3 is 3.07 bits per heavy atom. The molecule has 1 atom stereocenters. The molecule has 0 aliphatic heterocycles. The summed E-state index contributed by atoms with van der Waals surface area (Å²) in [5.74, 6) is 0.433. The molecule has 0 spiro atoms. The lowest BCUT2D eigenvalue weighted by molar-refractivity contribution is -0.143. The van der Waals surface area contributed by atoms with E-state index >= 15 is 0 Å². The van der Waals surface area contributed by atoms with Gasteiger partial charge in [-0.3, -0.25) is 4.79 Å². The number of nitrogens with zero attached hydrogens (tertiary/aromatic N) is 2. The molecule has 0 radical (unpaired) electrons. The smallest absolute Gasteiger partial charge is 0.309 e. The zero-order valence-electron chi connectivity index (χ0n) is 9.27. The van der Waals surface area contributed by atoms with Crippen molar-refractivity contribution in [2.45, 2.75) is 25.5 Å². The van der Waals surface area contributed by atoms with Gasteiger partial charge in [0.1, 0.15) is 0 Å². The van der Waals surface area contributed by atoms with Gasteiger partial charge in [0.2, 0.25) is 0 Å². The van der Waals surface area contributed by atoms with Crippen LogP contribution in [0.25, 0.3) is 0 Å². The topological polar surface area (TPSA) is 44.1 Å². The van der Waals surface area contributed by atoms with E-state index in [0.717, 1.165) is 11.7 Å². The number of thioether (sulfide) groups is 1. The van der Waals surface area contributed by atoms with Crippen LogP contribution in [0.2, 0.25) is 0 Å². The average molecular weight is 228 g/mol. The summed E-state index contributed by atoms with van der Waals surface area (Å²) in [6.45, 7) is 4.82. The van der Waals surface area contributed by atoms with Crippen molar-refractivity contribution < 1.29 is 9.53 Å². The second kappa shape index (κ2) is 5.80. The van der Waals surface area contributed by atoms with Gasteiger partial charge in [0, 0.05) is 24.7 Å². The number of ether oxygens (including phenoxy) is 1. The number of imidazole rings is 1. The number of esters is 1. The summed E-state index contributed by atoms with van der Waals surface area (Å²) >= 11 is 1.58. The van der Waals surface area contributed by atoms with E-state index in [1.54, 1.807) is 18.0 Å². The predicted octanol–water partition coefficient (Wildman–Crippen LogP) is 1.80. The average Bonchev–Trinajstić information content (AvgIpc) is 2.71. The molecule has 5 heteroatoms. The Balaban J connectivity index is 2.46. The quantitative estimate of drug-likeness (QED) is 0.569. The van der Waals surface area contributed by atoms with Crippen molar-refractivity contribution >= 4 is 17.7 Å². The van der Waals surface area contributed by atoms with Crippen molar-refractivity contribution in [3.8, 4) is 0 Å². The maximum Gasteiger partial charge on any atom is 0.309 e. The molecule has 0 amide bonds. The molecular formula is C10H16N2O2S. The Morgan fingerprint density at radius 2 is 2.47 bits per heavy atom. The van der Waals surface area contributed by atoms with Gasteiger partial charge in [0.15, 0.2) is 5.16 Å². The van der Waals surface area contributed by atoms with Crippen LogP contribution in [0.3, 0.4) is 0 Å². The molecule has 1 unspecified atom stereocenters. The number of hydrogen-bond acceptors (Lipinski definition) is 4. The highest BCUT2D eigenvalue weighted by atomic mass is 32.2. The van der Waals surface area contributed by atoms with Gasteiger partial charge in [-0.15, -0.1) is 0 Å². The first-order chi connectivity index (χ1) is 7.19. The van der Waals surface area contributed by atoms with Gasteiger partial charge in [-0.25, -0.2) is 4.98 Å². The normalized spacial score (nSPS) is 12.5. The molecule has 1 aromatic heterocycles. The van der Waals surface area contributed by atoms with E-state index in [-0.39, 0.29) is 11.9 Å². The Hall–Kier alpha value is -0.970. The van der Waals surface area contributed by atoms with Crippen LogP contribution < -0.4 is 0 Å². The van der Waals surface area contributed by atoms with Gasteiger partial charge in [-0.05, 0) is 6.92 Å². The van der Waals surface area contributed by atoms with Gasteiger partial charge in [0.25, 0.3) is 0 Å². The van der Waals surface area contributed by atoms with Crippen molar-refractivity contribution in [1.29, 1.82) is 0 Å². The Morgan fingerprint density at radius 1 is 1.73 bits per heavy atom. The highest BCUT2D eigenvalue weighted by molar-refractivity contribution is 7.99. The molecule has 15 heavy (non-hydrogen) atoms. The zero-order valence-corrected chi connectivity index (χ0v) is 10.1. The van der Waals surface area contributed by atoms with E-state index in [1.165, 1.54) is 7.11 Å². The number of carbonyl (C=O) groups excluding carboxylic acids is 1. The van der Waals surface area contributed by atoms with Gasteiger partial charge in [-0.1, -0.05) is 18.7 Å². The number of aromatic nitrogens is 2. The lowest BCUT2D eigenvalue weighted by atomic mass is 10.2. The number of hydrogen-bond donors (Lipinski definition) is 0. The second-order valence-corrected chi connectivity index (χ2v) is 4.22. The Labute approximate surface area is 94.0 Å². The van der Waals surface area contributed by atoms with E-state index in [2.05, 4.69) is 21.2 Å². The van der Waals surface area contributed by atoms with E-state index in [1.807, 2.05) is 13.1 Å². The van der Waals surface area contributed by atoms with Crippen LogP contribution >= 0.6 is 11.8 Å². The minimum Gasteiger partial charge on any atom is -0.469 e. The minimum atomic E-state index is -0.169. The molecule has 0 N–H and O–H groups in total. The van der Waals surface area contributed by atoms with Crippen molar-refractivity contribution in [3.05, 3.63) is 12.4 Å².